The second-order valence-electron chi connectivity index (χ2n) is 9.16. The van der Waals surface area contributed by atoms with E-state index >= 15 is 0 Å². The Morgan fingerprint density at radius 3 is 1.86 bits per heavy atom. The first kappa shape index (κ1) is 25.9. The van der Waals surface area contributed by atoms with Gasteiger partial charge in [-0.25, -0.2) is 0 Å². The van der Waals surface area contributed by atoms with E-state index in [-0.39, 0.29) is 18.2 Å². The van der Waals surface area contributed by atoms with E-state index in [9.17, 15) is 26.3 Å². The first-order valence-corrected chi connectivity index (χ1v) is 11.5. The molecular weight excluding hydrogens is 480 g/mol. The molecule has 36 heavy (non-hydrogen) atoms. The van der Waals surface area contributed by atoms with Crippen molar-refractivity contribution >= 4 is 5.71 Å². The monoisotopic (exact) mass is 505 g/mol. The van der Waals surface area contributed by atoms with Gasteiger partial charge in [0.15, 0.2) is 0 Å². The van der Waals surface area contributed by atoms with Crippen molar-refractivity contribution in [2.45, 2.75) is 50.2 Å². The summed E-state index contributed by atoms with van der Waals surface area (Å²) in [4.78, 5) is 4.69. The van der Waals surface area contributed by atoms with Gasteiger partial charge in [0.1, 0.15) is 0 Å². The zero-order valence-electron chi connectivity index (χ0n) is 19.5. The number of ether oxygens (including phenoxy) is 1. The summed E-state index contributed by atoms with van der Waals surface area (Å²) in [5, 5.41) is 0. The maximum atomic E-state index is 13.3. The minimum Gasteiger partial charge on any atom is -0.373 e. The van der Waals surface area contributed by atoms with Crippen molar-refractivity contribution in [3.8, 4) is 0 Å². The van der Waals surface area contributed by atoms with Crippen LogP contribution in [-0.4, -0.2) is 12.3 Å². The summed E-state index contributed by atoms with van der Waals surface area (Å²) >= 11 is 0. The van der Waals surface area contributed by atoms with Crippen molar-refractivity contribution in [3.05, 3.63) is 107 Å². The third kappa shape index (κ3) is 5.98. The van der Waals surface area contributed by atoms with E-state index in [1.54, 1.807) is 0 Å². The highest BCUT2D eigenvalue weighted by molar-refractivity contribution is 5.93. The number of hydrogen-bond acceptors (Lipinski definition) is 2. The molecule has 0 amide bonds. The lowest BCUT2D eigenvalue weighted by atomic mass is 9.63. The third-order valence-electron chi connectivity index (χ3n) is 6.49. The van der Waals surface area contributed by atoms with Gasteiger partial charge in [-0.15, -0.1) is 0 Å². The summed E-state index contributed by atoms with van der Waals surface area (Å²) in [6.07, 6.45) is -9.57. The second kappa shape index (κ2) is 10.1. The van der Waals surface area contributed by atoms with Crippen molar-refractivity contribution in [2.24, 2.45) is 4.99 Å². The fourth-order valence-corrected chi connectivity index (χ4v) is 4.40. The summed E-state index contributed by atoms with van der Waals surface area (Å²) in [5.74, 6) is 0. The van der Waals surface area contributed by atoms with E-state index in [2.05, 4.69) is 0 Å². The van der Waals surface area contributed by atoms with Gasteiger partial charge in [0.25, 0.3) is 0 Å². The van der Waals surface area contributed by atoms with Crippen LogP contribution in [0.25, 0.3) is 0 Å². The van der Waals surface area contributed by atoms with Gasteiger partial charge in [0.05, 0.1) is 30.4 Å². The molecule has 4 rings (SSSR count). The maximum absolute atomic E-state index is 13.3. The van der Waals surface area contributed by atoms with Crippen LogP contribution in [0.3, 0.4) is 0 Å². The van der Waals surface area contributed by atoms with E-state index < -0.39 is 35.0 Å². The second-order valence-corrected chi connectivity index (χ2v) is 9.16. The highest BCUT2D eigenvalue weighted by Gasteiger charge is 2.44. The summed E-state index contributed by atoms with van der Waals surface area (Å²) in [6, 6.07) is 20.9. The average Bonchev–Trinajstić information content (AvgIpc) is 2.82. The molecule has 2 nitrogen and oxygen atoms in total. The average molecular weight is 506 g/mol. The van der Waals surface area contributed by atoms with Crippen LogP contribution < -0.4 is 0 Å². The molecule has 1 atom stereocenters. The molecule has 0 spiro atoms. The number of hydrogen-bond donors (Lipinski definition) is 0. The Morgan fingerprint density at radius 2 is 1.33 bits per heavy atom. The number of benzene rings is 3. The third-order valence-corrected chi connectivity index (χ3v) is 6.49. The number of halogens is 6. The predicted molar refractivity (Wildman–Crippen MR) is 126 cm³/mol. The predicted octanol–water partition coefficient (Wildman–Crippen LogP) is 8.17. The number of nitrogens with zero attached hydrogens (tertiary/aromatic N) is 1. The molecule has 8 heteroatoms. The molecular formula is C28H25F6NO. The first-order valence-electron chi connectivity index (χ1n) is 11.5. The molecule has 0 radical (unpaired) electrons. The van der Waals surface area contributed by atoms with E-state index in [0.29, 0.717) is 19.4 Å². The zero-order chi connectivity index (χ0) is 26.0. The van der Waals surface area contributed by atoms with Crippen LogP contribution in [0, 0.1) is 0 Å². The summed E-state index contributed by atoms with van der Waals surface area (Å²) < 4.78 is 85.6. The SMILES string of the molecule is C[C@@H](OCC1(c2ccccc2)CC(=NCc2ccccc2)C1)c1cc(C(F)(F)F)cc(C(F)(F)F)c1. The molecule has 1 fully saturated rings. The van der Waals surface area contributed by atoms with Gasteiger partial charge >= 0.3 is 12.4 Å². The largest absolute Gasteiger partial charge is 0.416 e. The number of rotatable bonds is 7. The molecule has 0 saturated heterocycles. The lowest BCUT2D eigenvalue weighted by Gasteiger charge is -2.44. The van der Waals surface area contributed by atoms with E-state index in [1.807, 2.05) is 60.7 Å². The van der Waals surface area contributed by atoms with Crippen molar-refractivity contribution in [3.63, 3.8) is 0 Å². The Labute approximate surface area is 205 Å². The minimum atomic E-state index is -4.90. The molecule has 1 aliphatic carbocycles. The van der Waals surface area contributed by atoms with Crippen LogP contribution in [0.1, 0.15) is 53.7 Å². The first-order chi connectivity index (χ1) is 17.0. The van der Waals surface area contributed by atoms with Crippen molar-refractivity contribution in [1.82, 2.24) is 0 Å². The van der Waals surface area contributed by atoms with Gasteiger partial charge in [0, 0.05) is 11.1 Å². The number of aliphatic imine (C=N–C) groups is 1. The topological polar surface area (TPSA) is 21.6 Å². The Balaban J connectivity index is 1.53. The Hall–Kier alpha value is -3.13. The molecule has 0 aliphatic heterocycles. The van der Waals surface area contributed by atoms with Gasteiger partial charge in [-0.1, -0.05) is 60.7 Å². The molecule has 0 unspecified atom stereocenters. The molecule has 3 aromatic carbocycles. The highest BCUT2D eigenvalue weighted by atomic mass is 19.4. The molecule has 190 valence electrons. The summed E-state index contributed by atoms with van der Waals surface area (Å²) in [5.41, 5.74) is -0.235. The van der Waals surface area contributed by atoms with Crippen LogP contribution in [-0.2, 0) is 29.0 Å². The molecule has 3 aromatic rings. The van der Waals surface area contributed by atoms with Gasteiger partial charge in [-0.3, -0.25) is 4.99 Å². The fourth-order valence-electron chi connectivity index (χ4n) is 4.40. The smallest absolute Gasteiger partial charge is 0.373 e. The Kier molecular flexibility index (Phi) is 7.27. The van der Waals surface area contributed by atoms with Crippen LogP contribution in [0.15, 0.2) is 83.9 Å². The molecule has 1 saturated carbocycles. The normalized spacial score (nSPS) is 19.0. The van der Waals surface area contributed by atoms with Gasteiger partial charge < -0.3 is 4.74 Å². The van der Waals surface area contributed by atoms with Crippen molar-refractivity contribution in [1.29, 1.82) is 0 Å². The van der Waals surface area contributed by atoms with Crippen molar-refractivity contribution < 1.29 is 31.1 Å². The minimum absolute atomic E-state index is 0.128. The number of alkyl halides is 6. The Bertz CT molecular complexity index is 1160. The van der Waals surface area contributed by atoms with Crippen molar-refractivity contribution in [2.75, 3.05) is 6.61 Å². The van der Waals surface area contributed by atoms with Gasteiger partial charge in [-0.05, 0) is 54.7 Å². The van der Waals surface area contributed by atoms with Crippen LogP contribution in [0.4, 0.5) is 26.3 Å². The van der Waals surface area contributed by atoms with E-state index in [4.69, 9.17) is 9.73 Å². The Morgan fingerprint density at radius 1 is 0.806 bits per heavy atom. The zero-order valence-corrected chi connectivity index (χ0v) is 19.5. The standard InChI is InChI=1S/C28H25F6NO/c1-19(21-12-23(27(29,30)31)14-24(13-21)28(32,33)34)36-18-26(22-10-6-3-7-11-22)15-25(16-26)35-17-20-8-4-2-5-9-20/h2-14,19H,15-18H2,1H3/t19-,26?/m1/s1. The van der Waals surface area contributed by atoms with E-state index in [0.717, 1.165) is 29.0 Å². The van der Waals surface area contributed by atoms with Crippen LogP contribution in [0.5, 0.6) is 0 Å². The summed E-state index contributed by atoms with van der Waals surface area (Å²) in [6.45, 7) is 2.15. The maximum Gasteiger partial charge on any atom is 0.416 e. The van der Waals surface area contributed by atoms with Gasteiger partial charge in [0.2, 0.25) is 0 Å². The van der Waals surface area contributed by atoms with Gasteiger partial charge in [-0.2, -0.15) is 26.3 Å². The fraction of sp³-hybridized carbons (Fsp3) is 0.321. The lowest BCUT2D eigenvalue weighted by molar-refractivity contribution is -0.143. The molecule has 0 N–H and O–H groups in total. The lowest BCUT2D eigenvalue weighted by Crippen LogP contribution is -2.46. The highest BCUT2D eigenvalue weighted by Crippen LogP contribution is 2.44. The molecule has 0 bridgehead atoms. The van der Waals surface area contributed by atoms with E-state index in [1.165, 1.54) is 6.92 Å². The molecule has 1 aliphatic rings. The summed E-state index contributed by atoms with van der Waals surface area (Å²) in [7, 11) is 0. The van der Waals surface area contributed by atoms with Crippen LogP contribution >= 0.6 is 0 Å². The van der Waals surface area contributed by atoms with Crippen LogP contribution in [0.2, 0.25) is 0 Å². The molecule has 0 heterocycles. The quantitative estimate of drug-likeness (QED) is 0.297. The molecule has 0 aromatic heterocycles.